The third kappa shape index (κ3) is 2.46. The van der Waals surface area contributed by atoms with Crippen molar-refractivity contribution in [3.05, 3.63) is 41.2 Å². The van der Waals surface area contributed by atoms with Crippen LogP contribution in [0, 0.1) is 0 Å². The highest BCUT2D eigenvalue weighted by molar-refractivity contribution is 5.89. The topological polar surface area (TPSA) is 81.1 Å². The molecular weight excluding hydrogens is 360 g/mol. The van der Waals surface area contributed by atoms with Crippen LogP contribution in [-0.2, 0) is 16.9 Å². The molecule has 7 nitrogen and oxygen atoms in total. The number of benzene rings is 1. The summed E-state index contributed by atoms with van der Waals surface area (Å²) in [5.41, 5.74) is 1.21. The molecule has 1 aliphatic carbocycles. The lowest BCUT2D eigenvalue weighted by molar-refractivity contribution is -0.0874. The van der Waals surface area contributed by atoms with Gasteiger partial charge < -0.3 is 19.3 Å². The maximum Gasteiger partial charge on any atom is 0.413 e. The molecule has 0 spiro atoms. The maximum atomic E-state index is 13.0. The molecule has 1 atom stereocenters. The third-order valence-corrected chi connectivity index (χ3v) is 5.18. The predicted molar refractivity (Wildman–Crippen MR) is 102 cm³/mol. The summed E-state index contributed by atoms with van der Waals surface area (Å²) in [6.45, 7) is 5.73. The van der Waals surface area contributed by atoms with E-state index in [0.717, 1.165) is 5.56 Å². The van der Waals surface area contributed by atoms with Gasteiger partial charge in [-0.15, -0.1) is 0 Å². The lowest BCUT2D eigenvalue weighted by Gasteiger charge is -2.43. The first-order chi connectivity index (χ1) is 13.2. The van der Waals surface area contributed by atoms with E-state index in [1.54, 1.807) is 53.5 Å². The Morgan fingerprint density at radius 1 is 1.29 bits per heavy atom. The zero-order valence-electron chi connectivity index (χ0n) is 16.7. The molecule has 0 saturated heterocycles. The van der Waals surface area contributed by atoms with Gasteiger partial charge in [-0.2, -0.15) is 0 Å². The fourth-order valence-corrected chi connectivity index (χ4v) is 4.15. The molecule has 1 N–H and O–H groups in total. The molecule has 0 radical (unpaired) electrons. The second-order valence-corrected chi connectivity index (χ2v) is 8.00. The zero-order chi connectivity index (χ0) is 20.3. The molecule has 4 rings (SSSR count). The van der Waals surface area contributed by atoms with Crippen LogP contribution in [-0.4, -0.2) is 47.4 Å². The highest BCUT2D eigenvalue weighted by atomic mass is 16.6. The summed E-state index contributed by atoms with van der Waals surface area (Å²) in [5.74, 6) is 1.10. The third-order valence-electron chi connectivity index (χ3n) is 5.18. The van der Waals surface area contributed by atoms with E-state index in [2.05, 4.69) is 4.98 Å². The summed E-state index contributed by atoms with van der Waals surface area (Å²) in [6.07, 6.45) is 3.28. The van der Waals surface area contributed by atoms with E-state index < -0.39 is 17.4 Å². The lowest BCUT2D eigenvalue weighted by Crippen LogP contribution is -2.54. The molecule has 1 aliphatic heterocycles. The summed E-state index contributed by atoms with van der Waals surface area (Å²) in [6, 6.07) is 3.60. The Kier molecular flexibility index (Phi) is 4.04. The highest BCUT2D eigenvalue weighted by Gasteiger charge is 2.54. The minimum Gasteiger partial charge on any atom is -0.493 e. The van der Waals surface area contributed by atoms with Crippen molar-refractivity contribution < 1.29 is 24.1 Å². The number of nitrogens with zero attached hydrogens (tertiary/aromatic N) is 2. The van der Waals surface area contributed by atoms with Crippen molar-refractivity contribution in [3.63, 3.8) is 0 Å². The van der Waals surface area contributed by atoms with Gasteiger partial charge in [-0.05, 0) is 44.9 Å². The van der Waals surface area contributed by atoms with E-state index in [0.29, 0.717) is 46.7 Å². The first-order valence-electron chi connectivity index (χ1n) is 9.18. The van der Waals surface area contributed by atoms with E-state index in [9.17, 15) is 9.90 Å². The molecule has 0 fully saturated rings. The number of aromatic nitrogens is 1. The minimum atomic E-state index is -1.65. The highest BCUT2D eigenvalue weighted by Crippen LogP contribution is 2.57. The average Bonchev–Trinajstić information content (AvgIpc) is 2.91. The number of methoxy groups -OCH3 is 2. The molecule has 1 amide bonds. The van der Waals surface area contributed by atoms with E-state index in [1.165, 1.54) is 4.90 Å². The maximum absolute atomic E-state index is 13.0. The molecule has 28 heavy (non-hydrogen) atoms. The van der Waals surface area contributed by atoms with Gasteiger partial charge in [-0.1, -0.05) is 0 Å². The van der Waals surface area contributed by atoms with Crippen LogP contribution in [0.5, 0.6) is 11.5 Å². The predicted octanol–water partition coefficient (Wildman–Crippen LogP) is 3.07. The van der Waals surface area contributed by atoms with Gasteiger partial charge in [0.05, 0.1) is 14.2 Å². The Hall–Kier alpha value is -2.80. The summed E-state index contributed by atoms with van der Waals surface area (Å²) in [7, 11) is 3.14. The molecule has 1 unspecified atom stereocenters. The standard InChI is InChI=1S/C21H24N2O5/c1-20(2,3)28-19(24)23-9-7-12-10-15(26-4)18(27-5)16-13-11-22-8-6-14(13)21(23,25)17(12)16/h6,8,10-11,25H,7,9H2,1-5H3. The van der Waals surface area contributed by atoms with Crippen LogP contribution in [0.1, 0.15) is 37.5 Å². The van der Waals surface area contributed by atoms with Gasteiger partial charge in [0.1, 0.15) is 5.60 Å². The van der Waals surface area contributed by atoms with Crippen LogP contribution < -0.4 is 9.47 Å². The SMILES string of the molecule is COc1cc2c3c(c1OC)-c1cnccc1C3(O)N(C(=O)OC(C)(C)C)CC2. The Bertz CT molecular complexity index is 966. The molecule has 0 bridgehead atoms. The normalized spacial score (nSPS) is 19.7. The fourth-order valence-electron chi connectivity index (χ4n) is 4.15. The van der Waals surface area contributed by atoms with Gasteiger partial charge in [0, 0.05) is 41.2 Å². The summed E-state index contributed by atoms with van der Waals surface area (Å²) in [4.78, 5) is 18.6. The number of ether oxygens (including phenoxy) is 3. The van der Waals surface area contributed by atoms with Crippen molar-refractivity contribution in [1.29, 1.82) is 0 Å². The Morgan fingerprint density at radius 3 is 2.68 bits per heavy atom. The monoisotopic (exact) mass is 384 g/mol. The van der Waals surface area contributed by atoms with Crippen LogP contribution in [0.15, 0.2) is 24.5 Å². The van der Waals surface area contributed by atoms with Crippen molar-refractivity contribution in [2.24, 2.45) is 0 Å². The number of rotatable bonds is 2. The number of pyridine rings is 1. The Morgan fingerprint density at radius 2 is 2.04 bits per heavy atom. The minimum absolute atomic E-state index is 0.315. The molecule has 7 heteroatoms. The number of hydrogen-bond acceptors (Lipinski definition) is 6. The number of hydrogen-bond donors (Lipinski definition) is 1. The number of carbonyl (C=O) groups excluding carboxylic acids is 1. The van der Waals surface area contributed by atoms with Crippen LogP contribution >= 0.6 is 0 Å². The molecule has 1 aromatic heterocycles. The number of carbonyl (C=O) groups is 1. The van der Waals surface area contributed by atoms with Gasteiger partial charge in [-0.3, -0.25) is 9.88 Å². The molecule has 0 saturated carbocycles. The fraction of sp³-hybridized carbons (Fsp3) is 0.429. The number of amides is 1. The van der Waals surface area contributed by atoms with Crippen molar-refractivity contribution in [1.82, 2.24) is 9.88 Å². The van der Waals surface area contributed by atoms with E-state index in [-0.39, 0.29) is 0 Å². The zero-order valence-corrected chi connectivity index (χ0v) is 16.7. The summed E-state index contributed by atoms with van der Waals surface area (Å²) >= 11 is 0. The van der Waals surface area contributed by atoms with E-state index in [4.69, 9.17) is 14.2 Å². The van der Waals surface area contributed by atoms with Gasteiger partial charge in [0.15, 0.2) is 17.2 Å². The van der Waals surface area contributed by atoms with E-state index >= 15 is 0 Å². The average molecular weight is 384 g/mol. The van der Waals surface area contributed by atoms with Gasteiger partial charge >= 0.3 is 6.09 Å². The van der Waals surface area contributed by atoms with Crippen LogP contribution in [0.25, 0.3) is 11.1 Å². The summed E-state index contributed by atoms with van der Waals surface area (Å²) < 4.78 is 16.7. The molecule has 2 aliphatic rings. The molecule has 148 valence electrons. The van der Waals surface area contributed by atoms with Crippen molar-refractivity contribution in [2.45, 2.75) is 38.5 Å². The van der Waals surface area contributed by atoms with Crippen LogP contribution in [0.3, 0.4) is 0 Å². The number of fused-ring (bicyclic) bond motifs is 3. The second kappa shape index (κ2) is 6.10. The van der Waals surface area contributed by atoms with Gasteiger partial charge in [0.25, 0.3) is 0 Å². The number of aliphatic hydroxyl groups is 1. The summed E-state index contributed by atoms with van der Waals surface area (Å²) in [5, 5.41) is 11.9. The van der Waals surface area contributed by atoms with Crippen molar-refractivity contribution >= 4 is 6.09 Å². The van der Waals surface area contributed by atoms with Crippen molar-refractivity contribution in [3.8, 4) is 22.6 Å². The largest absolute Gasteiger partial charge is 0.493 e. The van der Waals surface area contributed by atoms with Crippen molar-refractivity contribution in [2.75, 3.05) is 20.8 Å². The van der Waals surface area contributed by atoms with Gasteiger partial charge in [-0.25, -0.2) is 4.79 Å². The Balaban J connectivity index is 1.99. The van der Waals surface area contributed by atoms with E-state index in [1.807, 2.05) is 6.07 Å². The first kappa shape index (κ1) is 18.6. The first-order valence-corrected chi connectivity index (χ1v) is 9.18. The molecular formula is C21H24N2O5. The smallest absolute Gasteiger partial charge is 0.413 e. The Labute approximate surface area is 163 Å². The molecule has 1 aromatic carbocycles. The molecule has 2 aromatic rings. The molecule has 2 heterocycles. The lowest BCUT2D eigenvalue weighted by atomic mass is 9.88. The van der Waals surface area contributed by atoms with Gasteiger partial charge in [0.2, 0.25) is 0 Å². The van der Waals surface area contributed by atoms with Crippen LogP contribution in [0.4, 0.5) is 4.79 Å². The second-order valence-electron chi connectivity index (χ2n) is 8.00. The quantitative estimate of drug-likeness (QED) is 0.857. The van der Waals surface area contributed by atoms with Crippen LogP contribution in [0.2, 0.25) is 0 Å².